The molecule has 1 N–H and O–H groups in total. The molecule has 1 fully saturated rings. The van der Waals surface area contributed by atoms with Crippen molar-refractivity contribution in [3.8, 4) is 5.75 Å². The fourth-order valence-corrected chi connectivity index (χ4v) is 1.99. The van der Waals surface area contributed by atoms with Crippen molar-refractivity contribution in [2.45, 2.75) is 13.3 Å². The Morgan fingerprint density at radius 3 is 2.44 bits per heavy atom. The second kappa shape index (κ2) is 5.06. The molecule has 1 aliphatic heterocycles. The second-order valence-corrected chi connectivity index (χ2v) is 4.23. The van der Waals surface area contributed by atoms with E-state index in [0.717, 1.165) is 31.9 Å². The lowest BCUT2D eigenvalue weighted by Crippen LogP contribution is -2.43. The number of benzene rings is 1. The Labute approximate surface area is 104 Å². The minimum Gasteiger partial charge on any atom is -0.406 e. The van der Waals surface area contributed by atoms with Gasteiger partial charge in [-0.2, -0.15) is 0 Å². The molecule has 100 valence electrons. The van der Waals surface area contributed by atoms with Crippen molar-refractivity contribution >= 4 is 5.69 Å². The average molecular weight is 260 g/mol. The van der Waals surface area contributed by atoms with Crippen LogP contribution in [0, 0.1) is 6.92 Å². The zero-order chi connectivity index (χ0) is 13.2. The molecule has 2 rings (SSSR count). The molecule has 6 heteroatoms. The second-order valence-electron chi connectivity index (χ2n) is 4.23. The number of nitrogens with zero attached hydrogens (tertiary/aromatic N) is 1. The van der Waals surface area contributed by atoms with Gasteiger partial charge in [-0.3, -0.25) is 0 Å². The number of piperazine rings is 1. The lowest BCUT2D eigenvalue weighted by atomic mass is 10.1. The van der Waals surface area contributed by atoms with Crippen LogP contribution in [0.1, 0.15) is 5.56 Å². The molecular weight excluding hydrogens is 245 g/mol. The first-order valence-electron chi connectivity index (χ1n) is 5.78. The highest BCUT2D eigenvalue weighted by Crippen LogP contribution is 2.29. The Kier molecular flexibility index (Phi) is 3.65. The summed E-state index contributed by atoms with van der Waals surface area (Å²) in [5.41, 5.74) is 1.42. The van der Waals surface area contributed by atoms with Crippen LogP contribution in [0.2, 0.25) is 0 Å². The van der Waals surface area contributed by atoms with E-state index < -0.39 is 6.36 Å². The molecule has 1 aromatic rings. The third kappa shape index (κ3) is 3.29. The zero-order valence-corrected chi connectivity index (χ0v) is 10.0. The Morgan fingerprint density at radius 2 is 1.89 bits per heavy atom. The number of hydrogen-bond donors (Lipinski definition) is 1. The van der Waals surface area contributed by atoms with Gasteiger partial charge in [0.15, 0.2) is 0 Å². The first-order chi connectivity index (χ1) is 8.46. The van der Waals surface area contributed by atoms with E-state index in [-0.39, 0.29) is 5.75 Å². The van der Waals surface area contributed by atoms with Crippen LogP contribution in [0.3, 0.4) is 0 Å². The third-order valence-corrected chi connectivity index (χ3v) is 2.87. The minimum atomic E-state index is -4.64. The Morgan fingerprint density at radius 1 is 1.22 bits per heavy atom. The van der Waals surface area contributed by atoms with Gasteiger partial charge in [-0.25, -0.2) is 0 Å². The molecule has 1 aromatic carbocycles. The van der Waals surface area contributed by atoms with Crippen molar-refractivity contribution in [1.29, 1.82) is 0 Å². The maximum Gasteiger partial charge on any atom is 0.573 e. The molecule has 0 amide bonds. The van der Waals surface area contributed by atoms with E-state index >= 15 is 0 Å². The number of alkyl halides is 3. The van der Waals surface area contributed by atoms with E-state index in [9.17, 15) is 13.2 Å². The highest BCUT2D eigenvalue weighted by atomic mass is 19.4. The summed E-state index contributed by atoms with van der Waals surface area (Å²) in [5.74, 6) is -0.138. The van der Waals surface area contributed by atoms with Crippen LogP contribution in [0.25, 0.3) is 0 Å². The molecule has 0 spiro atoms. The van der Waals surface area contributed by atoms with E-state index in [1.165, 1.54) is 6.07 Å². The van der Waals surface area contributed by atoms with Crippen LogP contribution in [-0.4, -0.2) is 32.5 Å². The Balaban J connectivity index is 2.13. The third-order valence-electron chi connectivity index (χ3n) is 2.87. The normalized spacial score (nSPS) is 16.8. The predicted octanol–water partition coefficient (Wildman–Crippen LogP) is 2.30. The monoisotopic (exact) mass is 260 g/mol. The topological polar surface area (TPSA) is 24.5 Å². The lowest BCUT2D eigenvalue weighted by Gasteiger charge is -2.30. The van der Waals surface area contributed by atoms with Crippen molar-refractivity contribution in [3.63, 3.8) is 0 Å². The first-order valence-corrected chi connectivity index (χ1v) is 5.78. The smallest absolute Gasteiger partial charge is 0.406 e. The van der Waals surface area contributed by atoms with Gasteiger partial charge in [-0.15, -0.1) is 13.2 Å². The van der Waals surface area contributed by atoms with Crippen LogP contribution >= 0.6 is 0 Å². The molecule has 0 aromatic heterocycles. The number of ether oxygens (including phenoxy) is 1. The van der Waals surface area contributed by atoms with E-state index in [0.29, 0.717) is 5.56 Å². The number of aryl methyl sites for hydroxylation is 1. The fraction of sp³-hybridized carbons (Fsp3) is 0.500. The number of rotatable bonds is 2. The molecule has 0 bridgehead atoms. The summed E-state index contributed by atoms with van der Waals surface area (Å²) >= 11 is 0. The van der Waals surface area contributed by atoms with E-state index in [4.69, 9.17) is 0 Å². The van der Waals surface area contributed by atoms with Gasteiger partial charge in [0, 0.05) is 31.9 Å². The van der Waals surface area contributed by atoms with Crippen LogP contribution < -0.4 is 15.0 Å². The van der Waals surface area contributed by atoms with Crippen molar-refractivity contribution < 1.29 is 17.9 Å². The minimum absolute atomic E-state index is 0.138. The molecule has 18 heavy (non-hydrogen) atoms. The van der Waals surface area contributed by atoms with Crippen molar-refractivity contribution in [3.05, 3.63) is 23.8 Å². The maximum atomic E-state index is 12.1. The molecule has 0 radical (unpaired) electrons. The molecule has 1 aliphatic rings. The number of nitrogens with one attached hydrogen (secondary N) is 1. The summed E-state index contributed by atoms with van der Waals surface area (Å²) in [6.07, 6.45) is -4.64. The molecule has 1 saturated heterocycles. The van der Waals surface area contributed by atoms with Crippen molar-refractivity contribution in [1.82, 2.24) is 5.32 Å². The molecule has 0 saturated carbocycles. The van der Waals surface area contributed by atoms with Gasteiger partial charge in [0.25, 0.3) is 0 Å². The largest absolute Gasteiger partial charge is 0.573 e. The summed E-state index contributed by atoms with van der Waals surface area (Å²) in [6.45, 7) is 5.12. The molecular formula is C12H15F3N2O. The molecule has 0 atom stereocenters. The Bertz CT molecular complexity index is 414. The standard InChI is InChI=1S/C12H15F3N2O/c1-9-8-10(17-6-4-16-5-7-17)2-3-11(9)18-12(13,14)15/h2-3,8,16H,4-7H2,1H3. The molecule has 0 aliphatic carbocycles. The highest BCUT2D eigenvalue weighted by Gasteiger charge is 2.31. The predicted molar refractivity (Wildman–Crippen MR) is 62.9 cm³/mol. The van der Waals surface area contributed by atoms with Crippen LogP contribution in [0.15, 0.2) is 18.2 Å². The quantitative estimate of drug-likeness (QED) is 0.883. The van der Waals surface area contributed by atoms with E-state index in [1.807, 2.05) is 0 Å². The van der Waals surface area contributed by atoms with Crippen molar-refractivity contribution in [2.75, 3.05) is 31.1 Å². The summed E-state index contributed by atoms with van der Waals surface area (Å²) in [7, 11) is 0. The van der Waals surface area contributed by atoms with E-state index in [2.05, 4.69) is 15.0 Å². The SMILES string of the molecule is Cc1cc(N2CCNCC2)ccc1OC(F)(F)F. The van der Waals surface area contributed by atoms with Gasteiger partial charge >= 0.3 is 6.36 Å². The van der Waals surface area contributed by atoms with E-state index in [1.54, 1.807) is 19.1 Å². The molecule has 0 unspecified atom stereocenters. The van der Waals surface area contributed by atoms with Gasteiger partial charge in [0.1, 0.15) is 5.75 Å². The zero-order valence-electron chi connectivity index (χ0n) is 10.0. The maximum absolute atomic E-state index is 12.1. The number of anilines is 1. The van der Waals surface area contributed by atoms with Gasteiger partial charge in [-0.1, -0.05) is 0 Å². The van der Waals surface area contributed by atoms with Gasteiger partial charge in [0.2, 0.25) is 0 Å². The van der Waals surface area contributed by atoms with Crippen LogP contribution in [0.5, 0.6) is 5.75 Å². The fourth-order valence-electron chi connectivity index (χ4n) is 1.99. The lowest BCUT2D eigenvalue weighted by molar-refractivity contribution is -0.274. The highest BCUT2D eigenvalue weighted by molar-refractivity contribution is 5.53. The number of hydrogen-bond acceptors (Lipinski definition) is 3. The molecule has 1 heterocycles. The van der Waals surface area contributed by atoms with Gasteiger partial charge in [-0.05, 0) is 30.7 Å². The Hall–Kier alpha value is -1.43. The van der Waals surface area contributed by atoms with Crippen molar-refractivity contribution in [2.24, 2.45) is 0 Å². The molecule has 3 nitrogen and oxygen atoms in total. The summed E-state index contributed by atoms with van der Waals surface area (Å²) in [6, 6.07) is 4.77. The van der Waals surface area contributed by atoms with Gasteiger partial charge < -0.3 is 15.0 Å². The summed E-state index contributed by atoms with van der Waals surface area (Å²) in [5, 5.41) is 3.23. The van der Waals surface area contributed by atoms with Crippen LogP contribution in [-0.2, 0) is 0 Å². The summed E-state index contributed by atoms with van der Waals surface area (Å²) < 4.78 is 40.4. The summed E-state index contributed by atoms with van der Waals surface area (Å²) in [4.78, 5) is 2.14. The number of halogens is 3. The van der Waals surface area contributed by atoms with Crippen LogP contribution in [0.4, 0.5) is 18.9 Å². The first kappa shape index (κ1) is 13.0. The van der Waals surface area contributed by atoms with Gasteiger partial charge in [0.05, 0.1) is 0 Å². The average Bonchev–Trinajstić information content (AvgIpc) is 2.31.